The number of anilines is 2. The van der Waals surface area contributed by atoms with Crippen molar-refractivity contribution in [3.63, 3.8) is 0 Å². The molecule has 0 aliphatic heterocycles. The van der Waals surface area contributed by atoms with Crippen LogP contribution in [0.3, 0.4) is 0 Å². The summed E-state index contributed by atoms with van der Waals surface area (Å²) in [6.45, 7) is 3.75. The molecule has 0 bridgehead atoms. The normalized spacial score (nSPS) is 10.7. The van der Waals surface area contributed by atoms with Crippen LogP contribution in [-0.2, 0) is 6.61 Å². The second kappa shape index (κ2) is 9.00. The highest BCUT2D eigenvalue weighted by Crippen LogP contribution is 2.25. The first-order chi connectivity index (χ1) is 15.8. The van der Waals surface area contributed by atoms with Gasteiger partial charge in [-0.25, -0.2) is 4.79 Å². The van der Waals surface area contributed by atoms with E-state index in [0.717, 1.165) is 16.6 Å². The van der Waals surface area contributed by atoms with Crippen molar-refractivity contribution in [1.29, 1.82) is 0 Å². The number of benzene rings is 3. The number of hydrogen-bond acceptors (Lipinski definition) is 5. The SMILES string of the molecule is Cc1cc(N)c2cc(NC(=O)c3ccccc3COc3ccc(C(=O)O)c(C)c3)ccc2n1. The Morgan fingerprint density at radius 2 is 1.79 bits per heavy atom. The molecular formula is C26H23N3O4. The Morgan fingerprint density at radius 1 is 1.00 bits per heavy atom. The van der Waals surface area contributed by atoms with E-state index >= 15 is 0 Å². The van der Waals surface area contributed by atoms with Crippen molar-refractivity contribution >= 4 is 34.2 Å². The number of carboxylic acid groups (broad SMARTS) is 1. The molecule has 0 aliphatic carbocycles. The molecule has 1 amide bonds. The summed E-state index contributed by atoms with van der Waals surface area (Å²) in [7, 11) is 0. The number of carbonyl (C=O) groups is 2. The second-order valence-electron chi connectivity index (χ2n) is 7.77. The number of aromatic carboxylic acids is 1. The lowest BCUT2D eigenvalue weighted by Crippen LogP contribution is -2.15. The van der Waals surface area contributed by atoms with Gasteiger partial charge in [0.15, 0.2) is 0 Å². The molecule has 7 nitrogen and oxygen atoms in total. The van der Waals surface area contributed by atoms with Crippen LogP contribution in [0.5, 0.6) is 5.75 Å². The van der Waals surface area contributed by atoms with Gasteiger partial charge in [-0.2, -0.15) is 0 Å². The molecule has 1 aromatic heterocycles. The van der Waals surface area contributed by atoms with Gasteiger partial charge in [-0.15, -0.1) is 0 Å². The summed E-state index contributed by atoms with van der Waals surface area (Å²) in [4.78, 5) is 28.7. The quantitative estimate of drug-likeness (QED) is 0.389. The number of carbonyl (C=O) groups excluding carboxylic acids is 1. The summed E-state index contributed by atoms with van der Waals surface area (Å²) in [5.74, 6) is -0.729. The monoisotopic (exact) mass is 441 g/mol. The number of rotatable bonds is 6. The third-order valence-corrected chi connectivity index (χ3v) is 5.31. The Hall–Kier alpha value is -4.39. The van der Waals surface area contributed by atoms with Crippen molar-refractivity contribution in [1.82, 2.24) is 4.98 Å². The predicted octanol–water partition coefficient (Wildman–Crippen LogP) is 4.96. The highest BCUT2D eigenvalue weighted by molar-refractivity contribution is 6.06. The molecule has 4 N–H and O–H groups in total. The number of carboxylic acids is 1. The maximum Gasteiger partial charge on any atom is 0.335 e. The number of aryl methyl sites for hydroxylation is 2. The van der Waals surface area contributed by atoms with Gasteiger partial charge >= 0.3 is 5.97 Å². The zero-order valence-corrected chi connectivity index (χ0v) is 18.3. The molecule has 0 spiro atoms. The number of pyridine rings is 1. The molecule has 0 fully saturated rings. The second-order valence-corrected chi connectivity index (χ2v) is 7.77. The molecule has 33 heavy (non-hydrogen) atoms. The van der Waals surface area contributed by atoms with Crippen LogP contribution in [0, 0.1) is 13.8 Å². The molecule has 0 radical (unpaired) electrons. The first-order valence-corrected chi connectivity index (χ1v) is 10.3. The van der Waals surface area contributed by atoms with Gasteiger partial charge in [-0.05, 0) is 67.9 Å². The van der Waals surface area contributed by atoms with Crippen LogP contribution in [0.25, 0.3) is 10.9 Å². The molecule has 0 unspecified atom stereocenters. The highest BCUT2D eigenvalue weighted by atomic mass is 16.5. The molecule has 0 aliphatic rings. The fraction of sp³-hybridized carbons (Fsp3) is 0.115. The van der Waals surface area contributed by atoms with Crippen LogP contribution in [0.1, 0.15) is 37.5 Å². The summed E-state index contributed by atoms with van der Waals surface area (Å²) in [6.07, 6.45) is 0. The molecule has 4 rings (SSSR count). The van der Waals surface area contributed by atoms with Crippen LogP contribution in [0.2, 0.25) is 0 Å². The smallest absolute Gasteiger partial charge is 0.335 e. The van der Waals surface area contributed by atoms with Crippen molar-refractivity contribution < 1.29 is 19.4 Å². The van der Waals surface area contributed by atoms with Crippen LogP contribution < -0.4 is 15.8 Å². The van der Waals surface area contributed by atoms with Crippen molar-refractivity contribution in [2.75, 3.05) is 11.1 Å². The lowest BCUT2D eigenvalue weighted by molar-refractivity contribution is 0.0695. The number of nitrogen functional groups attached to an aromatic ring is 1. The van der Waals surface area contributed by atoms with Crippen LogP contribution in [0.15, 0.2) is 66.7 Å². The first-order valence-electron chi connectivity index (χ1n) is 10.3. The number of aromatic nitrogens is 1. The average Bonchev–Trinajstić information content (AvgIpc) is 2.78. The minimum Gasteiger partial charge on any atom is -0.489 e. The predicted molar refractivity (Wildman–Crippen MR) is 128 cm³/mol. The molecule has 7 heteroatoms. The van der Waals surface area contributed by atoms with E-state index < -0.39 is 5.97 Å². The third-order valence-electron chi connectivity index (χ3n) is 5.31. The third kappa shape index (κ3) is 4.77. The molecule has 0 atom stereocenters. The minimum absolute atomic E-state index is 0.156. The lowest BCUT2D eigenvalue weighted by atomic mass is 10.1. The zero-order chi connectivity index (χ0) is 23.5. The van der Waals surface area contributed by atoms with Gasteiger partial charge in [0, 0.05) is 33.6 Å². The number of ether oxygens (including phenoxy) is 1. The number of nitrogens with one attached hydrogen (secondary N) is 1. The van der Waals surface area contributed by atoms with Crippen LogP contribution in [0.4, 0.5) is 11.4 Å². The lowest BCUT2D eigenvalue weighted by Gasteiger charge is -2.13. The molecule has 3 aromatic carbocycles. The van der Waals surface area contributed by atoms with Gasteiger partial charge in [0.2, 0.25) is 0 Å². The summed E-state index contributed by atoms with van der Waals surface area (Å²) in [6, 6.07) is 19.2. The van der Waals surface area contributed by atoms with Gasteiger partial charge in [0.25, 0.3) is 5.91 Å². The highest BCUT2D eigenvalue weighted by Gasteiger charge is 2.14. The largest absolute Gasteiger partial charge is 0.489 e. The molecular weight excluding hydrogens is 418 g/mol. The van der Waals surface area contributed by atoms with Crippen molar-refractivity contribution in [2.24, 2.45) is 0 Å². The van der Waals surface area contributed by atoms with Gasteiger partial charge in [0.1, 0.15) is 12.4 Å². The number of fused-ring (bicyclic) bond motifs is 1. The molecule has 4 aromatic rings. The maximum atomic E-state index is 13.0. The number of nitrogens with zero attached hydrogens (tertiary/aromatic N) is 1. The van der Waals surface area contributed by atoms with Gasteiger partial charge < -0.3 is 20.9 Å². The fourth-order valence-corrected chi connectivity index (χ4v) is 3.66. The van der Waals surface area contributed by atoms with Crippen molar-refractivity contribution in [3.05, 3.63) is 94.7 Å². The van der Waals surface area contributed by atoms with E-state index in [2.05, 4.69) is 10.3 Å². The molecule has 0 saturated carbocycles. The average molecular weight is 441 g/mol. The standard InChI is InChI=1S/C26H23N3O4/c1-15-11-19(8-9-20(15)26(31)32)33-14-17-5-3-4-6-21(17)25(30)29-18-7-10-24-22(13-18)23(27)12-16(2)28-24/h3-13H,14H2,1-2H3,(H2,27,28)(H,29,30)(H,31,32). The Labute approximate surface area is 190 Å². The van der Waals surface area contributed by atoms with E-state index in [-0.39, 0.29) is 18.1 Å². The van der Waals surface area contributed by atoms with E-state index in [1.165, 1.54) is 6.07 Å². The fourth-order valence-electron chi connectivity index (χ4n) is 3.66. The van der Waals surface area contributed by atoms with E-state index in [4.69, 9.17) is 10.5 Å². The number of nitrogens with two attached hydrogens (primary N) is 1. The molecule has 0 saturated heterocycles. The van der Waals surface area contributed by atoms with Gasteiger partial charge in [-0.3, -0.25) is 9.78 Å². The molecule has 1 heterocycles. The van der Waals surface area contributed by atoms with E-state index in [1.807, 2.05) is 25.1 Å². The minimum atomic E-state index is -0.984. The number of hydrogen-bond donors (Lipinski definition) is 3. The first kappa shape index (κ1) is 21.8. The summed E-state index contributed by atoms with van der Waals surface area (Å²) >= 11 is 0. The zero-order valence-electron chi connectivity index (χ0n) is 18.3. The Balaban J connectivity index is 1.52. The van der Waals surface area contributed by atoms with Crippen molar-refractivity contribution in [3.8, 4) is 5.75 Å². The summed E-state index contributed by atoms with van der Waals surface area (Å²) in [5, 5.41) is 12.9. The van der Waals surface area contributed by atoms with Gasteiger partial charge in [0.05, 0.1) is 11.1 Å². The van der Waals surface area contributed by atoms with Gasteiger partial charge in [-0.1, -0.05) is 18.2 Å². The summed E-state index contributed by atoms with van der Waals surface area (Å²) < 4.78 is 5.84. The Bertz CT molecular complexity index is 1380. The van der Waals surface area contributed by atoms with E-state index in [9.17, 15) is 14.7 Å². The molecule has 166 valence electrons. The van der Waals surface area contributed by atoms with Crippen molar-refractivity contribution in [2.45, 2.75) is 20.5 Å². The van der Waals surface area contributed by atoms with E-state index in [0.29, 0.717) is 33.8 Å². The Morgan fingerprint density at radius 3 is 2.55 bits per heavy atom. The van der Waals surface area contributed by atoms with Crippen LogP contribution >= 0.6 is 0 Å². The van der Waals surface area contributed by atoms with E-state index in [1.54, 1.807) is 49.4 Å². The van der Waals surface area contributed by atoms with Crippen LogP contribution in [-0.4, -0.2) is 22.0 Å². The maximum absolute atomic E-state index is 13.0. The topological polar surface area (TPSA) is 115 Å². The number of amides is 1. The summed E-state index contributed by atoms with van der Waals surface area (Å²) in [5.41, 5.74) is 10.9. The Kier molecular flexibility index (Phi) is 5.95.